The summed E-state index contributed by atoms with van der Waals surface area (Å²) in [5, 5.41) is 1.21. The van der Waals surface area contributed by atoms with Crippen molar-refractivity contribution in [3.05, 3.63) is 57.1 Å². The monoisotopic (exact) mass is 422 g/mol. The molecule has 0 bridgehead atoms. The minimum atomic E-state index is -0.441. The van der Waals surface area contributed by atoms with E-state index in [2.05, 4.69) is 41.1 Å². The highest BCUT2D eigenvalue weighted by Gasteiger charge is 2.20. The summed E-state index contributed by atoms with van der Waals surface area (Å²) in [6.45, 7) is 2.56. The lowest BCUT2D eigenvalue weighted by Crippen LogP contribution is -2.04. The van der Waals surface area contributed by atoms with Crippen LogP contribution in [-0.4, -0.2) is 13.7 Å². The molecule has 3 rings (SSSR count). The molecule has 0 amide bonds. The molecule has 2 nitrogen and oxygen atoms in total. The van der Waals surface area contributed by atoms with Gasteiger partial charge in [-0.25, -0.2) is 0 Å². The Morgan fingerprint density at radius 3 is 2.68 bits per heavy atom. The highest BCUT2D eigenvalue weighted by molar-refractivity contribution is 9.10. The maximum atomic E-state index is 14.9. The summed E-state index contributed by atoms with van der Waals surface area (Å²) in [6.07, 6.45) is 2.51. The summed E-state index contributed by atoms with van der Waals surface area (Å²) in [7, 11) is 1.50. The first-order chi connectivity index (χ1) is 12.1. The van der Waals surface area contributed by atoms with Gasteiger partial charge in [-0.1, -0.05) is 31.5 Å². The van der Waals surface area contributed by atoms with Gasteiger partial charge in [0.2, 0.25) is 5.82 Å². The smallest absolute Gasteiger partial charge is 0.208 e. The summed E-state index contributed by atoms with van der Waals surface area (Å²) in [5.74, 6) is 0.0432. The van der Waals surface area contributed by atoms with Gasteiger partial charge in [0.1, 0.15) is 0 Å². The number of benzene rings is 2. The van der Waals surface area contributed by atoms with Gasteiger partial charge in [-0.05, 0) is 45.9 Å². The molecule has 132 valence electrons. The second-order valence-electron chi connectivity index (χ2n) is 5.82. The molecule has 25 heavy (non-hydrogen) atoms. The van der Waals surface area contributed by atoms with Gasteiger partial charge in [0.25, 0.3) is 0 Å². The van der Waals surface area contributed by atoms with Crippen molar-refractivity contribution in [1.82, 2.24) is 0 Å². The van der Waals surface area contributed by atoms with Crippen molar-refractivity contribution < 1.29 is 13.9 Å². The summed E-state index contributed by atoms with van der Waals surface area (Å²) in [6, 6.07) is 12.3. The van der Waals surface area contributed by atoms with E-state index in [0.717, 1.165) is 18.4 Å². The van der Waals surface area contributed by atoms with E-state index in [1.165, 1.54) is 22.1 Å². The topological polar surface area (TPSA) is 18.5 Å². The molecular formula is C20H20BrFO2S. The van der Waals surface area contributed by atoms with Crippen LogP contribution >= 0.6 is 27.3 Å². The highest BCUT2D eigenvalue weighted by atomic mass is 79.9. The lowest BCUT2D eigenvalue weighted by atomic mass is 10.1. The van der Waals surface area contributed by atoms with Gasteiger partial charge >= 0.3 is 0 Å². The van der Waals surface area contributed by atoms with Crippen LogP contribution in [0.3, 0.4) is 0 Å². The fraction of sp³-hybridized carbons (Fsp3) is 0.300. The van der Waals surface area contributed by atoms with E-state index in [1.54, 1.807) is 11.3 Å². The number of unbranched alkanes of at least 4 members (excludes halogenated alkanes) is 1. The molecule has 5 heteroatoms. The predicted octanol–water partition coefficient (Wildman–Crippen LogP) is 6.58. The molecule has 1 aromatic heterocycles. The van der Waals surface area contributed by atoms with E-state index in [1.807, 2.05) is 18.2 Å². The fourth-order valence-electron chi connectivity index (χ4n) is 2.75. The molecule has 3 aromatic rings. The molecule has 0 aliphatic heterocycles. The van der Waals surface area contributed by atoms with E-state index < -0.39 is 5.82 Å². The first-order valence-corrected chi connectivity index (χ1v) is 9.90. The van der Waals surface area contributed by atoms with Crippen molar-refractivity contribution in [2.45, 2.75) is 26.2 Å². The van der Waals surface area contributed by atoms with Crippen LogP contribution in [0.25, 0.3) is 10.1 Å². The van der Waals surface area contributed by atoms with Crippen LogP contribution in [0, 0.1) is 5.82 Å². The lowest BCUT2D eigenvalue weighted by molar-refractivity contribution is 0.283. The van der Waals surface area contributed by atoms with Gasteiger partial charge in [0.15, 0.2) is 11.5 Å². The number of rotatable bonds is 7. The Bertz CT molecular complexity index is 843. The summed E-state index contributed by atoms with van der Waals surface area (Å²) >= 11 is 5.16. The third kappa shape index (κ3) is 3.98. The second kappa shape index (κ2) is 8.19. The zero-order valence-corrected chi connectivity index (χ0v) is 16.7. The van der Waals surface area contributed by atoms with E-state index >= 15 is 0 Å². The summed E-state index contributed by atoms with van der Waals surface area (Å²) in [5.41, 5.74) is 0.807. The molecule has 1 heterocycles. The van der Waals surface area contributed by atoms with Crippen molar-refractivity contribution in [2.75, 3.05) is 13.7 Å². The Kier molecular flexibility index (Phi) is 5.97. The van der Waals surface area contributed by atoms with Crippen molar-refractivity contribution in [2.24, 2.45) is 0 Å². The molecule has 2 aromatic carbocycles. The Labute approximate surface area is 159 Å². The predicted molar refractivity (Wildman–Crippen MR) is 106 cm³/mol. The van der Waals surface area contributed by atoms with Gasteiger partial charge in [0, 0.05) is 21.6 Å². The lowest BCUT2D eigenvalue weighted by Gasteiger charge is -2.15. The van der Waals surface area contributed by atoms with Crippen molar-refractivity contribution in [3.63, 3.8) is 0 Å². The number of thiophene rings is 1. The number of hydrogen-bond acceptors (Lipinski definition) is 3. The SMILES string of the molecule is CCCCOc1c(Br)cc(Cc2cc3ccccc3s2)c(OC)c1F. The molecule has 0 aliphatic carbocycles. The Morgan fingerprint density at radius 2 is 1.96 bits per heavy atom. The molecule has 0 fully saturated rings. The van der Waals surface area contributed by atoms with Crippen LogP contribution in [0.2, 0.25) is 0 Å². The largest absolute Gasteiger partial charge is 0.493 e. The Hall–Kier alpha value is -1.59. The minimum Gasteiger partial charge on any atom is -0.493 e. The zero-order valence-electron chi connectivity index (χ0n) is 14.3. The molecule has 0 aliphatic rings. The van der Waals surface area contributed by atoms with Crippen LogP contribution in [-0.2, 0) is 6.42 Å². The third-order valence-electron chi connectivity index (χ3n) is 4.00. The summed E-state index contributed by atoms with van der Waals surface area (Å²) < 4.78 is 27.7. The number of hydrogen-bond donors (Lipinski definition) is 0. The second-order valence-corrected chi connectivity index (χ2v) is 7.85. The highest BCUT2D eigenvalue weighted by Crippen LogP contribution is 2.39. The van der Waals surface area contributed by atoms with Crippen molar-refractivity contribution in [3.8, 4) is 11.5 Å². The number of methoxy groups -OCH3 is 1. The fourth-order valence-corrected chi connectivity index (χ4v) is 4.40. The maximum absolute atomic E-state index is 14.9. The van der Waals surface area contributed by atoms with Crippen molar-refractivity contribution >= 4 is 37.4 Å². The summed E-state index contributed by atoms with van der Waals surface area (Å²) in [4.78, 5) is 1.17. The Morgan fingerprint density at radius 1 is 1.16 bits per heavy atom. The molecule has 0 saturated carbocycles. The zero-order chi connectivity index (χ0) is 17.8. The number of fused-ring (bicyclic) bond motifs is 1. The molecule has 0 atom stereocenters. The van der Waals surface area contributed by atoms with Crippen molar-refractivity contribution in [1.29, 1.82) is 0 Å². The molecule has 0 spiro atoms. The van der Waals surface area contributed by atoms with Gasteiger partial charge in [-0.3, -0.25) is 0 Å². The van der Waals surface area contributed by atoms with E-state index in [9.17, 15) is 4.39 Å². The van der Waals surface area contributed by atoms with Crippen LogP contribution in [0.15, 0.2) is 40.9 Å². The molecule has 0 saturated heterocycles. The van der Waals surface area contributed by atoms with Crippen LogP contribution in [0.5, 0.6) is 11.5 Å². The molecule has 0 unspecified atom stereocenters. The van der Waals surface area contributed by atoms with E-state index in [4.69, 9.17) is 9.47 Å². The quantitative estimate of drug-likeness (QED) is 0.400. The Balaban J connectivity index is 1.92. The van der Waals surface area contributed by atoms with Gasteiger partial charge in [-0.2, -0.15) is 4.39 Å². The van der Waals surface area contributed by atoms with Gasteiger partial charge < -0.3 is 9.47 Å². The van der Waals surface area contributed by atoms with Crippen LogP contribution in [0.4, 0.5) is 4.39 Å². The molecule has 0 radical (unpaired) electrons. The van der Waals surface area contributed by atoms with Gasteiger partial charge in [0.05, 0.1) is 18.2 Å². The van der Waals surface area contributed by atoms with E-state index in [0.29, 0.717) is 17.5 Å². The first-order valence-electron chi connectivity index (χ1n) is 8.29. The maximum Gasteiger partial charge on any atom is 0.208 e. The van der Waals surface area contributed by atoms with E-state index in [-0.39, 0.29) is 11.5 Å². The minimum absolute atomic E-state index is 0.227. The third-order valence-corrected chi connectivity index (χ3v) is 5.70. The van der Waals surface area contributed by atoms with Crippen LogP contribution < -0.4 is 9.47 Å². The van der Waals surface area contributed by atoms with Crippen LogP contribution in [0.1, 0.15) is 30.2 Å². The molecule has 0 N–H and O–H groups in total. The first kappa shape index (κ1) is 18.2. The normalized spacial score (nSPS) is 11.0. The number of ether oxygens (including phenoxy) is 2. The average Bonchev–Trinajstić information content (AvgIpc) is 3.00. The average molecular weight is 423 g/mol. The molecular weight excluding hydrogens is 403 g/mol. The standard InChI is InChI=1S/C20H20BrFO2S/c1-3-4-9-24-20-16(21)12-14(19(23-2)18(20)22)11-15-10-13-7-5-6-8-17(13)25-15/h5-8,10,12H,3-4,9,11H2,1-2H3. The number of halogens is 2. The van der Waals surface area contributed by atoms with Gasteiger partial charge in [-0.15, -0.1) is 11.3 Å².